The van der Waals surface area contributed by atoms with Gasteiger partial charge in [-0.05, 0) is 82.6 Å². The fourth-order valence-corrected chi connectivity index (χ4v) is 9.06. The van der Waals surface area contributed by atoms with E-state index in [2.05, 4.69) is 197 Å². The minimum absolute atomic E-state index is 0.717. The molecule has 0 aliphatic heterocycles. The van der Waals surface area contributed by atoms with Crippen LogP contribution in [0, 0.1) is 0 Å². The maximum absolute atomic E-state index is 5.34. The van der Waals surface area contributed by atoms with Crippen molar-refractivity contribution < 1.29 is 0 Å². The molecule has 270 valence electrons. The summed E-state index contributed by atoms with van der Waals surface area (Å²) in [6, 6.07) is 73.9. The van der Waals surface area contributed by atoms with E-state index in [9.17, 15) is 0 Å². The van der Waals surface area contributed by atoms with Crippen LogP contribution in [0.15, 0.2) is 206 Å². The van der Waals surface area contributed by atoms with Crippen LogP contribution in [0.3, 0.4) is 0 Å². The summed E-state index contributed by atoms with van der Waals surface area (Å²) < 4.78 is 4.78. The van der Waals surface area contributed by atoms with Gasteiger partial charge >= 0.3 is 0 Å². The van der Waals surface area contributed by atoms with Gasteiger partial charge in [-0.3, -0.25) is 0 Å². The first-order chi connectivity index (χ1) is 28.8. The van der Waals surface area contributed by atoms with E-state index in [-0.39, 0.29) is 0 Å². The number of fused-ring (bicyclic) bond motifs is 9. The largest absolute Gasteiger partial charge is 0.309 e. The molecule has 4 nitrogen and oxygen atoms in total. The van der Waals surface area contributed by atoms with Crippen LogP contribution in [0.25, 0.3) is 110 Å². The van der Waals surface area contributed by atoms with Gasteiger partial charge in [-0.15, -0.1) is 0 Å². The van der Waals surface area contributed by atoms with E-state index in [1.165, 1.54) is 49.1 Å². The highest BCUT2D eigenvalue weighted by molar-refractivity contribution is 6.14. The van der Waals surface area contributed by atoms with Crippen LogP contribution in [-0.2, 0) is 0 Å². The Labute approximate surface area is 334 Å². The van der Waals surface area contributed by atoms with E-state index in [1.807, 2.05) is 18.2 Å². The van der Waals surface area contributed by atoms with Crippen LogP contribution >= 0.6 is 0 Å². The fraction of sp³-hybridized carbons (Fsp3) is 0. The Hall–Kier alpha value is -7.82. The molecule has 0 amide bonds. The van der Waals surface area contributed by atoms with Gasteiger partial charge in [0.15, 0.2) is 5.82 Å². The molecule has 12 aromatic rings. The molecule has 0 spiro atoms. The molecule has 4 heteroatoms. The summed E-state index contributed by atoms with van der Waals surface area (Å²) >= 11 is 0. The van der Waals surface area contributed by atoms with Crippen LogP contribution in [0.4, 0.5) is 0 Å². The molecule has 0 bridgehead atoms. The van der Waals surface area contributed by atoms with Gasteiger partial charge < -0.3 is 9.13 Å². The van der Waals surface area contributed by atoms with Crippen molar-refractivity contribution in [3.05, 3.63) is 206 Å². The Bertz CT molecular complexity index is 3560. The summed E-state index contributed by atoms with van der Waals surface area (Å²) in [5, 5.41) is 8.30. The van der Waals surface area contributed by atoms with Gasteiger partial charge in [0.25, 0.3) is 0 Å². The van der Waals surface area contributed by atoms with Gasteiger partial charge in [0, 0.05) is 49.4 Å². The third-order valence-electron chi connectivity index (χ3n) is 11.7. The zero-order valence-corrected chi connectivity index (χ0v) is 31.4. The Morgan fingerprint density at radius 3 is 1.71 bits per heavy atom. The van der Waals surface area contributed by atoms with Crippen molar-refractivity contribution in [1.82, 2.24) is 19.1 Å². The lowest BCUT2D eigenvalue weighted by Gasteiger charge is -2.14. The van der Waals surface area contributed by atoms with Crippen LogP contribution in [0.1, 0.15) is 0 Å². The van der Waals surface area contributed by atoms with Crippen molar-refractivity contribution in [2.24, 2.45) is 0 Å². The minimum Gasteiger partial charge on any atom is -0.309 e. The molecule has 12 rings (SSSR count). The third-order valence-corrected chi connectivity index (χ3v) is 11.7. The molecule has 3 aromatic heterocycles. The molecule has 0 unspecified atom stereocenters. The first-order valence-electron chi connectivity index (χ1n) is 19.7. The van der Waals surface area contributed by atoms with Crippen LogP contribution in [-0.4, -0.2) is 19.1 Å². The number of hydrogen-bond acceptors (Lipinski definition) is 2. The van der Waals surface area contributed by atoms with E-state index in [4.69, 9.17) is 9.97 Å². The first-order valence-corrected chi connectivity index (χ1v) is 19.7. The zero-order valence-electron chi connectivity index (χ0n) is 31.4. The van der Waals surface area contributed by atoms with Gasteiger partial charge in [-0.1, -0.05) is 146 Å². The van der Waals surface area contributed by atoms with Crippen molar-refractivity contribution >= 4 is 65.3 Å². The summed E-state index contributed by atoms with van der Waals surface area (Å²) in [4.78, 5) is 10.4. The standard InChI is InChI=1S/C54H34N4/c1-3-15-36(16-4-1)54-55-47-30-27-35-14-7-8-21-42(35)52(47)53(56-54)39-17-13-20-41(32-39)58-48-24-11-9-22-43(48)45-29-26-38(34-51(45)58)37-28-31-50-46(33-37)44-23-10-12-25-49(44)57(50)40-18-5-2-6-19-40/h1-34H. The highest BCUT2D eigenvalue weighted by Crippen LogP contribution is 2.40. The molecule has 0 N–H and O–H groups in total. The molecule has 9 aromatic carbocycles. The second-order valence-corrected chi connectivity index (χ2v) is 15.0. The number of para-hydroxylation sites is 3. The first kappa shape index (κ1) is 32.4. The molecule has 58 heavy (non-hydrogen) atoms. The smallest absolute Gasteiger partial charge is 0.160 e. The maximum Gasteiger partial charge on any atom is 0.160 e. The number of hydrogen-bond donors (Lipinski definition) is 0. The van der Waals surface area contributed by atoms with Crippen molar-refractivity contribution in [2.45, 2.75) is 0 Å². The van der Waals surface area contributed by atoms with E-state index in [1.54, 1.807) is 0 Å². The lowest BCUT2D eigenvalue weighted by atomic mass is 9.99. The highest BCUT2D eigenvalue weighted by atomic mass is 15.0. The van der Waals surface area contributed by atoms with Gasteiger partial charge in [-0.25, -0.2) is 9.97 Å². The molecular weight excluding hydrogens is 705 g/mol. The average Bonchev–Trinajstić information content (AvgIpc) is 3.81. The summed E-state index contributed by atoms with van der Waals surface area (Å²) in [6.45, 7) is 0. The molecule has 3 heterocycles. The SMILES string of the molecule is c1ccc(-c2nc(-c3cccc(-n4c5ccccc5c5ccc(-c6ccc7c(c6)c6ccccc6n7-c6ccccc6)cc54)c3)c3c(ccc4ccccc43)n2)cc1. The Balaban J connectivity index is 1.06. The van der Waals surface area contributed by atoms with Gasteiger partial charge in [0.1, 0.15) is 0 Å². The molecule has 0 saturated carbocycles. The quantitative estimate of drug-likeness (QED) is 0.165. The van der Waals surface area contributed by atoms with E-state index >= 15 is 0 Å². The fourth-order valence-electron chi connectivity index (χ4n) is 9.06. The van der Waals surface area contributed by atoms with E-state index in [0.29, 0.717) is 5.82 Å². The van der Waals surface area contributed by atoms with Crippen molar-refractivity contribution in [3.63, 3.8) is 0 Å². The zero-order chi connectivity index (χ0) is 38.2. The molecule has 0 aliphatic carbocycles. The number of benzene rings is 9. The summed E-state index contributed by atoms with van der Waals surface area (Å²) in [6.07, 6.45) is 0. The maximum atomic E-state index is 5.34. The predicted octanol–water partition coefficient (Wildman–Crippen LogP) is 14.0. The number of aromatic nitrogens is 4. The molecule has 0 aliphatic rings. The van der Waals surface area contributed by atoms with Crippen LogP contribution in [0.2, 0.25) is 0 Å². The topological polar surface area (TPSA) is 35.6 Å². The van der Waals surface area contributed by atoms with Crippen molar-refractivity contribution in [1.29, 1.82) is 0 Å². The Morgan fingerprint density at radius 1 is 0.310 bits per heavy atom. The molecule has 0 atom stereocenters. The van der Waals surface area contributed by atoms with Gasteiger partial charge in [0.05, 0.1) is 33.3 Å². The van der Waals surface area contributed by atoms with Crippen LogP contribution < -0.4 is 0 Å². The molecular formula is C54H34N4. The lowest BCUT2D eigenvalue weighted by molar-refractivity contribution is 1.18. The Morgan fingerprint density at radius 2 is 0.897 bits per heavy atom. The van der Waals surface area contributed by atoms with Crippen LogP contribution in [0.5, 0.6) is 0 Å². The minimum atomic E-state index is 0.717. The summed E-state index contributed by atoms with van der Waals surface area (Å²) in [7, 11) is 0. The summed E-state index contributed by atoms with van der Waals surface area (Å²) in [5.41, 5.74) is 13.2. The van der Waals surface area contributed by atoms with Crippen molar-refractivity contribution in [2.75, 3.05) is 0 Å². The number of rotatable bonds is 5. The second kappa shape index (κ2) is 12.9. The Kier molecular flexibility index (Phi) is 7.20. The highest BCUT2D eigenvalue weighted by Gasteiger charge is 2.19. The number of nitrogens with zero attached hydrogens (tertiary/aromatic N) is 4. The molecule has 0 fully saturated rings. The lowest BCUT2D eigenvalue weighted by Crippen LogP contribution is -1.98. The van der Waals surface area contributed by atoms with Gasteiger partial charge in [0.2, 0.25) is 0 Å². The normalized spacial score (nSPS) is 11.8. The monoisotopic (exact) mass is 738 g/mol. The van der Waals surface area contributed by atoms with Gasteiger partial charge in [-0.2, -0.15) is 0 Å². The second-order valence-electron chi connectivity index (χ2n) is 15.0. The third kappa shape index (κ3) is 5.02. The molecule has 0 saturated heterocycles. The van der Waals surface area contributed by atoms with E-state index in [0.717, 1.165) is 55.5 Å². The predicted molar refractivity (Wildman–Crippen MR) is 242 cm³/mol. The van der Waals surface area contributed by atoms with Crippen molar-refractivity contribution in [3.8, 4) is 45.1 Å². The average molecular weight is 739 g/mol. The summed E-state index contributed by atoms with van der Waals surface area (Å²) in [5.74, 6) is 0.717. The van der Waals surface area contributed by atoms with E-state index < -0.39 is 0 Å². The molecule has 0 radical (unpaired) electrons.